The minimum absolute atomic E-state index is 0. The number of piperazine rings is 2. The van der Waals surface area contributed by atoms with Gasteiger partial charge in [-0.2, -0.15) is 8.75 Å². The van der Waals surface area contributed by atoms with Crippen LogP contribution in [0, 0.1) is 71.0 Å². The Balaban J connectivity index is 0.000000128. The first-order chi connectivity index (χ1) is 36.3. The van der Waals surface area contributed by atoms with Gasteiger partial charge in [-0.3, -0.25) is 34.3 Å². The Hall–Kier alpha value is -4.07. The molecule has 4 aromatic rings. The predicted octanol–water partition coefficient (Wildman–Crippen LogP) is 8.11. The summed E-state index contributed by atoms with van der Waals surface area (Å²) in [6.07, 6.45) is 18.4. The lowest BCUT2D eigenvalue weighted by molar-refractivity contribution is -0.919. The number of hydrogen-bond acceptors (Lipinski definition) is 14. The third-order valence-electron chi connectivity index (χ3n) is 20.5. The molecule has 5 saturated heterocycles. The summed E-state index contributed by atoms with van der Waals surface area (Å²) in [5, 5.41) is 5.06. The number of rotatable bonds is 6. The summed E-state index contributed by atoms with van der Waals surface area (Å²) in [6, 6.07) is 17.2. The Bertz CT molecular complexity index is 2800. The molecule has 12 atom stereocenters. The van der Waals surface area contributed by atoms with Crippen LogP contribution in [0.2, 0.25) is 0 Å². The van der Waals surface area contributed by atoms with Crippen LogP contribution in [-0.2, 0) is 29.3 Å². The number of imide groups is 2. The van der Waals surface area contributed by atoms with Crippen molar-refractivity contribution in [1.29, 1.82) is 0 Å². The topological polar surface area (TPSA) is 176 Å². The standard InChI is InChI=1S/C28H36N4O2S.C19H26N3S.C9H11NO2.CH4O3S.CH4/c33-27-24-18-9-10-19(15-18)25(24)28(34)32(27)17-21-6-2-1-5-20(21)16-30-11-13-31(14-12-30)26-22-7-3-4-8-23(22)35-29-26;1-2-6-16-14-22(13-15(16)5-1)11-9-21(10-12-22)19-17-7-3-4-8-18(17)23-20-19;11-8-6-4-1-2-5(3-4)7(6)9(12)10-8;1-5(2,3)4;/h3-4,7-8,18-21,24-25H,1-2,5-6,9-17H2;3-4,7-8,15-16H,1-2,5-6,9-14H2;4-7H,1-3H2,(H,10,11,12);1H3,(H,2,3,4);1H4/q;+1;;;/p-1/t18-,19+,20-,21+,24-,25+;15-,16+;4-,5+,6-,7+;;/m1..../s1. The fourth-order valence-electron chi connectivity index (χ4n) is 17.0. The van der Waals surface area contributed by atoms with Crippen molar-refractivity contribution in [2.24, 2.45) is 71.0 Å². The van der Waals surface area contributed by atoms with E-state index in [0.29, 0.717) is 48.3 Å². The molecule has 4 amide bonds. The molecule has 5 aliphatic heterocycles. The molecule has 6 aliphatic carbocycles. The predicted molar refractivity (Wildman–Crippen MR) is 299 cm³/mol. The zero-order valence-electron chi connectivity index (χ0n) is 43.6. The largest absolute Gasteiger partial charge is 0.748 e. The summed E-state index contributed by atoms with van der Waals surface area (Å²) in [4.78, 5) is 58.6. The molecule has 0 unspecified atom stereocenters. The van der Waals surface area contributed by atoms with Gasteiger partial charge in [0.1, 0.15) is 5.82 Å². The number of nitrogens with zero attached hydrogens (tertiary/aromatic N) is 7. The van der Waals surface area contributed by atoms with E-state index in [9.17, 15) is 19.2 Å². The number of hydrogen-bond donors (Lipinski definition) is 1. The molecule has 2 aromatic carbocycles. The molecule has 1 spiro atoms. The van der Waals surface area contributed by atoms with Crippen molar-refractivity contribution in [1.82, 2.24) is 23.9 Å². The van der Waals surface area contributed by atoms with Crippen molar-refractivity contribution >= 4 is 88.6 Å². The Morgan fingerprint density at radius 3 is 1.49 bits per heavy atom. The van der Waals surface area contributed by atoms with Gasteiger partial charge < -0.3 is 18.8 Å². The fourth-order valence-corrected chi connectivity index (χ4v) is 18.6. The van der Waals surface area contributed by atoms with Crippen LogP contribution in [0.3, 0.4) is 0 Å². The minimum atomic E-state index is -3.92. The van der Waals surface area contributed by atoms with E-state index in [0.717, 1.165) is 95.3 Å². The van der Waals surface area contributed by atoms with Gasteiger partial charge in [0.25, 0.3) is 0 Å². The minimum Gasteiger partial charge on any atom is -0.748 e. The van der Waals surface area contributed by atoms with Crippen molar-refractivity contribution in [2.75, 3.05) is 94.6 Å². The van der Waals surface area contributed by atoms with Crippen molar-refractivity contribution in [3.8, 4) is 0 Å². The van der Waals surface area contributed by atoms with Crippen LogP contribution < -0.4 is 15.1 Å². The molecule has 0 radical (unpaired) electrons. The molecule has 18 heteroatoms. The van der Waals surface area contributed by atoms with Gasteiger partial charge in [0.2, 0.25) is 23.6 Å². The van der Waals surface area contributed by atoms with E-state index in [-0.39, 0.29) is 54.7 Å². The van der Waals surface area contributed by atoms with Crippen LogP contribution in [0.4, 0.5) is 11.6 Å². The second kappa shape index (κ2) is 22.2. The number of anilines is 2. The van der Waals surface area contributed by atoms with Gasteiger partial charge in [0.15, 0.2) is 5.82 Å². The molecular formula is C58H80N8O7S3. The molecule has 4 bridgehead atoms. The summed E-state index contributed by atoms with van der Waals surface area (Å²) < 4.78 is 40.8. The van der Waals surface area contributed by atoms with Gasteiger partial charge >= 0.3 is 0 Å². The smallest absolute Gasteiger partial charge is 0.233 e. The maximum Gasteiger partial charge on any atom is 0.233 e. The lowest BCUT2D eigenvalue weighted by Gasteiger charge is -2.42. The average Bonchev–Trinajstić information content (AvgIpc) is 4.35. The average molecular weight is 1100 g/mol. The monoisotopic (exact) mass is 1100 g/mol. The second-order valence-corrected chi connectivity index (χ2v) is 27.7. The summed E-state index contributed by atoms with van der Waals surface area (Å²) in [5.41, 5.74) is 0. The summed E-state index contributed by atoms with van der Waals surface area (Å²) in [6.45, 7) is 13.9. The third kappa shape index (κ3) is 10.7. The zero-order valence-corrected chi connectivity index (χ0v) is 46.1. The van der Waals surface area contributed by atoms with E-state index in [2.05, 4.69) is 68.5 Å². The van der Waals surface area contributed by atoms with E-state index in [4.69, 9.17) is 21.7 Å². The molecule has 6 saturated carbocycles. The molecule has 2 aromatic heterocycles. The lowest BCUT2D eigenvalue weighted by atomic mass is 9.78. The summed E-state index contributed by atoms with van der Waals surface area (Å²) in [5.74, 6) is 8.04. The van der Waals surface area contributed by atoms with Crippen molar-refractivity contribution in [3.05, 3.63) is 48.5 Å². The first-order valence-electron chi connectivity index (χ1n) is 28.6. The van der Waals surface area contributed by atoms with Crippen molar-refractivity contribution in [3.63, 3.8) is 0 Å². The highest BCUT2D eigenvalue weighted by Crippen LogP contribution is 2.57. The maximum atomic E-state index is 13.3. The van der Waals surface area contributed by atoms with Crippen LogP contribution in [0.15, 0.2) is 48.5 Å². The normalized spacial score (nSPS) is 34.0. The molecule has 11 aliphatic rings. The molecule has 7 heterocycles. The van der Waals surface area contributed by atoms with Gasteiger partial charge in [-0.05, 0) is 147 Å². The SMILES string of the molecule is C.CS(=O)(=O)[O-].O=C1NC(=O)[C@H]2[C@H]3CC[C@H](C3)[C@@H]12.O=C1[C@@H]2[C@@H]3CC[C@@H](C3)[C@@H]2C(=O)N1C[C@@H]1CCCC[C@@H]1CN1CCN(c2nsc3ccccc23)CC1.c1ccc2c(N3CC[N+]4(CC3)C[C@H]3CCCC[C@H]3C4)nsc2c1. The number of aromatic nitrogens is 2. The lowest BCUT2D eigenvalue weighted by Crippen LogP contribution is -2.58. The number of likely N-dealkylation sites (tertiary alicyclic amines) is 1. The molecule has 412 valence electrons. The Morgan fingerprint density at radius 1 is 0.579 bits per heavy atom. The second-order valence-electron chi connectivity index (χ2n) is 24.7. The number of fused-ring (bicyclic) bond motifs is 13. The van der Waals surface area contributed by atoms with Crippen molar-refractivity contribution < 1.29 is 36.6 Å². The first-order valence-corrected chi connectivity index (χ1v) is 32.0. The quantitative estimate of drug-likeness (QED) is 0.112. The molecular weight excluding hydrogens is 1020 g/mol. The van der Waals surface area contributed by atoms with Gasteiger partial charge in [-0.25, -0.2) is 8.42 Å². The summed E-state index contributed by atoms with van der Waals surface area (Å²) in [7, 11) is -3.92. The molecule has 15 nitrogen and oxygen atoms in total. The van der Waals surface area contributed by atoms with Crippen LogP contribution in [0.5, 0.6) is 0 Å². The van der Waals surface area contributed by atoms with E-state index in [1.165, 1.54) is 115 Å². The molecule has 1 N–H and O–H groups in total. The molecule has 15 rings (SSSR count). The van der Waals surface area contributed by atoms with E-state index >= 15 is 0 Å². The van der Waals surface area contributed by atoms with Gasteiger partial charge in [-0.15, -0.1) is 0 Å². The first kappa shape index (κ1) is 53.9. The highest BCUT2D eigenvalue weighted by atomic mass is 32.2. The van der Waals surface area contributed by atoms with Crippen molar-refractivity contribution in [2.45, 2.75) is 97.3 Å². The van der Waals surface area contributed by atoms with Crippen LogP contribution in [0.25, 0.3) is 20.2 Å². The zero-order chi connectivity index (χ0) is 51.6. The van der Waals surface area contributed by atoms with E-state index in [1.807, 2.05) is 0 Å². The van der Waals surface area contributed by atoms with Gasteiger partial charge in [0, 0.05) is 68.1 Å². The number of nitrogens with one attached hydrogen (secondary N) is 1. The Labute approximate surface area is 458 Å². The number of quaternary nitrogens is 1. The Kier molecular flexibility index (Phi) is 15.8. The van der Waals surface area contributed by atoms with E-state index in [1.54, 1.807) is 28.0 Å². The number of amides is 4. The van der Waals surface area contributed by atoms with E-state index < -0.39 is 10.1 Å². The van der Waals surface area contributed by atoms with Gasteiger partial charge in [-0.1, -0.05) is 57.4 Å². The van der Waals surface area contributed by atoms with Crippen LogP contribution in [-0.4, -0.2) is 144 Å². The van der Waals surface area contributed by atoms with Crippen LogP contribution in [0.1, 0.15) is 97.3 Å². The van der Waals surface area contributed by atoms with Gasteiger partial charge in [0.05, 0.1) is 82.5 Å². The van der Waals surface area contributed by atoms with Crippen LogP contribution >= 0.6 is 23.1 Å². The highest BCUT2D eigenvalue weighted by Gasteiger charge is 2.61. The Morgan fingerprint density at radius 2 is 1.00 bits per heavy atom. The summed E-state index contributed by atoms with van der Waals surface area (Å²) >= 11 is 3.25. The molecule has 76 heavy (non-hydrogen) atoms. The number of carbonyl (C=O) groups is 4. The number of benzene rings is 2. The maximum absolute atomic E-state index is 13.3. The molecule has 11 fully saturated rings. The third-order valence-corrected chi connectivity index (χ3v) is 22.1. The highest BCUT2D eigenvalue weighted by molar-refractivity contribution is 7.84. The number of carbonyl (C=O) groups excluding carboxylic acids is 4. The fraction of sp³-hybridized carbons (Fsp3) is 0.690.